The average molecular weight is 264 g/mol. The first-order chi connectivity index (χ1) is 8.60. The Bertz CT molecular complexity index is 538. The van der Waals surface area contributed by atoms with Crippen molar-refractivity contribution in [2.75, 3.05) is 17.4 Å². The molecule has 2 aromatic rings. The SMILES string of the molecule is Cc1cc(N(C)Cc2scnc2C)nc(NN)n1. The van der Waals surface area contributed by atoms with E-state index in [0.717, 1.165) is 23.8 Å². The minimum atomic E-state index is 0.429. The number of nitrogens with zero attached hydrogens (tertiary/aromatic N) is 4. The van der Waals surface area contributed by atoms with Crippen LogP contribution in [0.25, 0.3) is 0 Å². The number of thiazole rings is 1. The highest BCUT2D eigenvalue weighted by Crippen LogP contribution is 2.19. The van der Waals surface area contributed by atoms with Crippen molar-refractivity contribution >= 4 is 23.1 Å². The second kappa shape index (κ2) is 5.28. The molecule has 6 nitrogen and oxygen atoms in total. The minimum Gasteiger partial charge on any atom is -0.354 e. The lowest BCUT2D eigenvalue weighted by atomic mass is 10.3. The van der Waals surface area contributed by atoms with E-state index in [1.54, 1.807) is 11.3 Å². The predicted octanol–water partition coefficient (Wildman–Crippen LogP) is 1.47. The standard InChI is InChI=1S/C11H16N6S/c1-7-4-10(15-11(14-7)16-12)17(3)5-9-8(2)13-6-18-9/h4,6H,5,12H2,1-3H3,(H,14,15,16). The van der Waals surface area contributed by atoms with Crippen molar-refractivity contribution in [3.8, 4) is 0 Å². The third kappa shape index (κ3) is 2.74. The van der Waals surface area contributed by atoms with Gasteiger partial charge in [-0.05, 0) is 13.8 Å². The van der Waals surface area contributed by atoms with E-state index in [1.165, 1.54) is 4.88 Å². The molecule has 0 aliphatic carbocycles. The highest BCUT2D eigenvalue weighted by atomic mass is 32.1. The number of hydrogen-bond donors (Lipinski definition) is 2. The minimum absolute atomic E-state index is 0.429. The Balaban J connectivity index is 2.20. The summed E-state index contributed by atoms with van der Waals surface area (Å²) < 4.78 is 0. The summed E-state index contributed by atoms with van der Waals surface area (Å²) in [5, 5.41) is 0. The van der Waals surface area contributed by atoms with Crippen molar-refractivity contribution in [1.82, 2.24) is 15.0 Å². The summed E-state index contributed by atoms with van der Waals surface area (Å²) >= 11 is 1.65. The smallest absolute Gasteiger partial charge is 0.239 e. The Hall–Kier alpha value is -1.73. The topological polar surface area (TPSA) is 80.0 Å². The van der Waals surface area contributed by atoms with Crippen LogP contribution in [0, 0.1) is 13.8 Å². The molecule has 0 radical (unpaired) electrons. The average Bonchev–Trinajstić information content (AvgIpc) is 2.74. The van der Waals surface area contributed by atoms with Gasteiger partial charge in [0.15, 0.2) is 0 Å². The molecule has 2 rings (SSSR count). The Morgan fingerprint density at radius 2 is 2.17 bits per heavy atom. The van der Waals surface area contributed by atoms with Crippen molar-refractivity contribution in [2.24, 2.45) is 5.84 Å². The van der Waals surface area contributed by atoms with Crippen molar-refractivity contribution < 1.29 is 0 Å². The van der Waals surface area contributed by atoms with Crippen LogP contribution in [0.1, 0.15) is 16.3 Å². The second-order valence-electron chi connectivity index (χ2n) is 4.05. The molecule has 0 saturated heterocycles. The lowest BCUT2D eigenvalue weighted by Crippen LogP contribution is -2.20. The van der Waals surface area contributed by atoms with Gasteiger partial charge in [-0.25, -0.2) is 15.8 Å². The van der Waals surface area contributed by atoms with Gasteiger partial charge < -0.3 is 4.90 Å². The molecule has 0 aliphatic heterocycles. The molecule has 2 aromatic heterocycles. The summed E-state index contributed by atoms with van der Waals surface area (Å²) in [5.74, 6) is 6.61. The van der Waals surface area contributed by atoms with Gasteiger partial charge in [-0.3, -0.25) is 5.43 Å². The maximum Gasteiger partial charge on any atom is 0.239 e. The molecule has 0 spiro atoms. The lowest BCUT2D eigenvalue weighted by Gasteiger charge is -2.18. The fourth-order valence-corrected chi connectivity index (χ4v) is 2.42. The summed E-state index contributed by atoms with van der Waals surface area (Å²) in [5.41, 5.74) is 6.27. The van der Waals surface area contributed by atoms with Crippen molar-refractivity contribution in [1.29, 1.82) is 0 Å². The summed E-state index contributed by atoms with van der Waals surface area (Å²) in [6.07, 6.45) is 0. The molecule has 0 unspecified atom stereocenters. The number of hydrogen-bond acceptors (Lipinski definition) is 7. The molecule has 3 N–H and O–H groups in total. The number of aryl methyl sites for hydroxylation is 2. The monoisotopic (exact) mass is 264 g/mol. The Kier molecular flexibility index (Phi) is 3.73. The highest BCUT2D eigenvalue weighted by molar-refractivity contribution is 7.09. The van der Waals surface area contributed by atoms with E-state index in [9.17, 15) is 0 Å². The van der Waals surface area contributed by atoms with Gasteiger partial charge >= 0.3 is 0 Å². The number of aromatic nitrogens is 3. The zero-order valence-corrected chi connectivity index (χ0v) is 11.5. The van der Waals surface area contributed by atoms with Gasteiger partial charge in [-0.2, -0.15) is 4.98 Å². The quantitative estimate of drug-likeness (QED) is 0.643. The molecule has 0 aromatic carbocycles. The molecule has 7 heteroatoms. The van der Waals surface area contributed by atoms with Crippen molar-refractivity contribution in [3.05, 3.63) is 27.8 Å². The fraction of sp³-hybridized carbons (Fsp3) is 0.364. The Morgan fingerprint density at radius 3 is 2.78 bits per heavy atom. The van der Waals surface area contributed by atoms with Crippen molar-refractivity contribution in [2.45, 2.75) is 20.4 Å². The normalized spacial score (nSPS) is 10.4. The first-order valence-electron chi connectivity index (χ1n) is 5.52. The Labute approximate surface area is 110 Å². The number of nitrogen functional groups attached to an aromatic ring is 1. The van der Waals surface area contributed by atoms with Gasteiger partial charge in [-0.15, -0.1) is 11.3 Å². The third-order valence-corrected chi connectivity index (χ3v) is 3.51. The zero-order valence-electron chi connectivity index (χ0n) is 10.6. The van der Waals surface area contributed by atoms with Gasteiger partial charge in [0, 0.05) is 23.7 Å². The number of hydrazine groups is 1. The predicted molar refractivity (Wildman–Crippen MR) is 73.5 cm³/mol. The molecule has 18 heavy (non-hydrogen) atoms. The summed E-state index contributed by atoms with van der Waals surface area (Å²) in [6, 6.07) is 1.93. The van der Waals surface area contributed by atoms with Gasteiger partial charge in [-0.1, -0.05) is 0 Å². The summed E-state index contributed by atoms with van der Waals surface area (Å²) in [6.45, 7) is 4.70. The molecule has 0 atom stereocenters. The molecule has 2 heterocycles. The molecule has 0 bridgehead atoms. The van der Waals surface area contributed by atoms with Crippen LogP contribution in [0.5, 0.6) is 0 Å². The second-order valence-corrected chi connectivity index (χ2v) is 4.99. The fourth-order valence-electron chi connectivity index (χ4n) is 1.59. The number of rotatable bonds is 4. The number of nitrogens with one attached hydrogen (secondary N) is 1. The Morgan fingerprint density at radius 1 is 1.39 bits per heavy atom. The van der Waals surface area contributed by atoms with E-state index in [0.29, 0.717) is 5.95 Å². The largest absolute Gasteiger partial charge is 0.354 e. The van der Waals surface area contributed by atoms with E-state index in [-0.39, 0.29) is 0 Å². The van der Waals surface area contributed by atoms with Gasteiger partial charge in [0.05, 0.1) is 17.7 Å². The van der Waals surface area contributed by atoms with Crippen LogP contribution in [0.15, 0.2) is 11.6 Å². The molecule has 0 saturated carbocycles. The summed E-state index contributed by atoms with van der Waals surface area (Å²) in [7, 11) is 1.99. The number of anilines is 2. The van der Waals surface area contributed by atoms with E-state index >= 15 is 0 Å². The van der Waals surface area contributed by atoms with Crippen LogP contribution < -0.4 is 16.2 Å². The van der Waals surface area contributed by atoms with Crippen LogP contribution in [0.3, 0.4) is 0 Å². The van der Waals surface area contributed by atoms with E-state index in [1.807, 2.05) is 32.5 Å². The van der Waals surface area contributed by atoms with Crippen LogP contribution in [-0.2, 0) is 6.54 Å². The summed E-state index contributed by atoms with van der Waals surface area (Å²) in [4.78, 5) is 16.0. The molecule has 0 amide bonds. The van der Waals surface area contributed by atoms with E-state index < -0.39 is 0 Å². The van der Waals surface area contributed by atoms with Crippen LogP contribution in [0.4, 0.5) is 11.8 Å². The van der Waals surface area contributed by atoms with Crippen LogP contribution in [-0.4, -0.2) is 22.0 Å². The highest BCUT2D eigenvalue weighted by Gasteiger charge is 2.09. The molecule has 96 valence electrons. The molecular formula is C11H16N6S. The van der Waals surface area contributed by atoms with Gasteiger partial charge in [0.2, 0.25) is 5.95 Å². The lowest BCUT2D eigenvalue weighted by molar-refractivity contribution is 0.889. The van der Waals surface area contributed by atoms with Crippen LogP contribution in [0.2, 0.25) is 0 Å². The molecule has 0 fully saturated rings. The first-order valence-corrected chi connectivity index (χ1v) is 6.40. The number of nitrogens with two attached hydrogens (primary N) is 1. The van der Waals surface area contributed by atoms with Gasteiger partial charge in [0.25, 0.3) is 0 Å². The van der Waals surface area contributed by atoms with Crippen molar-refractivity contribution in [3.63, 3.8) is 0 Å². The zero-order chi connectivity index (χ0) is 13.1. The van der Waals surface area contributed by atoms with Crippen LogP contribution >= 0.6 is 11.3 Å². The van der Waals surface area contributed by atoms with E-state index in [4.69, 9.17) is 5.84 Å². The van der Waals surface area contributed by atoms with Gasteiger partial charge in [0.1, 0.15) is 5.82 Å². The molecule has 0 aliphatic rings. The maximum atomic E-state index is 5.35. The first kappa shape index (κ1) is 12.7. The molecular weight excluding hydrogens is 248 g/mol. The third-order valence-electron chi connectivity index (χ3n) is 2.59. The van der Waals surface area contributed by atoms with E-state index in [2.05, 4.69) is 25.3 Å². The maximum absolute atomic E-state index is 5.35.